The van der Waals surface area contributed by atoms with Gasteiger partial charge >= 0.3 is 0 Å². The number of sulfone groups is 1. The molecule has 0 spiro atoms. The Morgan fingerprint density at radius 2 is 2.00 bits per heavy atom. The number of rotatable bonds is 6. The van der Waals surface area contributed by atoms with E-state index in [0.717, 1.165) is 11.4 Å². The quantitative estimate of drug-likeness (QED) is 0.829. The third kappa shape index (κ3) is 4.43. The second-order valence-electron chi connectivity index (χ2n) is 6.41. The van der Waals surface area contributed by atoms with E-state index in [4.69, 9.17) is 4.74 Å². The second kappa shape index (κ2) is 7.49. The van der Waals surface area contributed by atoms with Crippen molar-refractivity contribution < 1.29 is 13.2 Å². The maximum absolute atomic E-state index is 11.7. The number of benzene rings is 1. The van der Waals surface area contributed by atoms with E-state index in [2.05, 4.69) is 15.3 Å². The molecule has 1 aromatic carbocycles. The summed E-state index contributed by atoms with van der Waals surface area (Å²) in [6.45, 7) is 4.40. The fourth-order valence-electron chi connectivity index (χ4n) is 3.01. The molecule has 1 aliphatic rings. The van der Waals surface area contributed by atoms with Crippen molar-refractivity contribution in [3.63, 3.8) is 0 Å². The van der Waals surface area contributed by atoms with Gasteiger partial charge in [0.2, 0.25) is 0 Å². The predicted octanol–water partition coefficient (Wildman–Crippen LogP) is 2.55. The summed E-state index contributed by atoms with van der Waals surface area (Å²) in [5.41, 5.74) is 0.892. The van der Waals surface area contributed by atoms with Gasteiger partial charge in [0.1, 0.15) is 23.2 Å². The lowest BCUT2D eigenvalue weighted by Gasteiger charge is -2.25. The van der Waals surface area contributed by atoms with E-state index in [9.17, 15) is 8.42 Å². The number of aryl methyl sites for hydroxylation is 1. The van der Waals surface area contributed by atoms with E-state index in [-0.39, 0.29) is 17.5 Å². The van der Waals surface area contributed by atoms with Crippen LogP contribution in [0, 0.1) is 6.92 Å². The highest BCUT2D eigenvalue weighted by Gasteiger charge is 2.31. The van der Waals surface area contributed by atoms with Gasteiger partial charge in [-0.25, -0.2) is 18.4 Å². The van der Waals surface area contributed by atoms with Crippen LogP contribution in [-0.2, 0) is 9.84 Å². The van der Waals surface area contributed by atoms with Gasteiger partial charge in [0, 0.05) is 24.8 Å². The van der Waals surface area contributed by atoms with Crippen molar-refractivity contribution in [3.05, 3.63) is 36.2 Å². The van der Waals surface area contributed by atoms with E-state index in [1.807, 2.05) is 56.1 Å². The first-order valence-electron chi connectivity index (χ1n) is 8.65. The molecule has 0 amide bonds. The van der Waals surface area contributed by atoms with Gasteiger partial charge in [0.15, 0.2) is 9.84 Å². The molecule has 140 valence electrons. The number of aromatic nitrogens is 2. The molecule has 8 heteroatoms. The Balaban J connectivity index is 1.77. The monoisotopic (exact) mass is 376 g/mol. The van der Waals surface area contributed by atoms with E-state index in [1.54, 1.807) is 0 Å². The highest BCUT2D eigenvalue weighted by molar-refractivity contribution is 7.91. The first-order valence-corrected chi connectivity index (χ1v) is 10.5. The predicted molar refractivity (Wildman–Crippen MR) is 103 cm³/mol. The van der Waals surface area contributed by atoms with Gasteiger partial charge in [0.25, 0.3) is 0 Å². The van der Waals surface area contributed by atoms with Gasteiger partial charge in [-0.05, 0) is 44.5 Å². The molecule has 1 N–H and O–H groups in total. The lowest BCUT2D eigenvalue weighted by molar-refractivity contribution is 0.340. The summed E-state index contributed by atoms with van der Waals surface area (Å²) in [6, 6.07) is 9.44. The molecule has 26 heavy (non-hydrogen) atoms. The maximum atomic E-state index is 11.7. The van der Waals surface area contributed by atoms with Crippen LogP contribution < -0.4 is 15.0 Å². The van der Waals surface area contributed by atoms with Crippen LogP contribution in [0.5, 0.6) is 5.75 Å². The van der Waals surface area contributed by atoms with E-state index in [1.165, 1.54) is 0 Å². The summed E-state index contributed by atoms with van der Waals surface area (Å²) in [7, 11) is -1.06. The minimum absolute atomic E-state index is 0.0485. The molecule has 1 saturated heterocycles. The fourth-order valence-corrected chi connectivity index (χ4v) is 4.79. The first-order chi connectivity index (χ1) is 12.4. The van der Waals surface area contributed by atoms with Crippen molar-refractivity contribution in [3.8, 4) is 5.75 Å². The number of hydrogen-bond acceptors (Lipinski definition) is 7. The summed E-state index contributed by atoms with van der Waals surface area (Å²) in [6.07, 6.45) is 0.629. The maximum Gasteiger partial charge on any atom is 0.152 e. The van der Waals surface area contributed by atoms with Crippen LogP contribution in [0.1, 0.15) is 19.2 Å². The summed E-state index contributed by atoms with van der Waals surface area (Å²) in [4.78, 5) is 10.8. The molecule has 1 aromatic heterocycles. The molecule has 3 rings (SSSR count). The molecule has 1 unspecified atom stereocenters. The molecule has 7 nitrogen and oxygen atoms in total. The van der Waals surface area contributed by atoms with Crippen LogP contribution >= 0.6 is 0 Å². The lowest BCUT2D eigenvalue weighted by Crippen LogP contribution is -2.33. The van der Waals surface area contributed by atoms with Crippen molar-refractivity contribution in [2.24, 2.45) is 0 Å². The molecule has 2 aromatic rings. The molecule has 0 bridgehead atoms. The minimum atomic E-state index is -2.94. The lowest BCUT2D eigenvalue weighted by atomic mass is 10.2. The van der Waals surface area contributed by atoms with Crippen molar-refractivity contribution in [2.45, 2.75) is 26.3 Å². The second-order valence-corrected chi connectivity index (χ2v) is 8.64. The van der Waals surface area contributed by atoms with Gasteiger partial charge in [-0.2, -0.15) is 0 Å². The normalized spacial score (nSPS) is 18.5. The zero-order valence-corrected chi connectivity index (χ0v) is 16.1. The standard InChI is InChI=1S/C18H24N4O3S/c1-4-25-16-7-5-14(6-8-16)21-17-11-18(20-13(2)19-17)22(3)15-9-10-26(23,24)12-15/h5-8,11,15H,4,9-10,12H2,1-3H3,(H,19,20,21). The number of ether oxygens (including phenoxy) is 1. The van der Waals surface area contributed by atoms with Gasteiger partial charge in [0.05, 0.1) is 18.1 Å². The Morgan fingerprint density at radius 3 is 2.62 bits per heavy atom. The molecule has 1 aliphatic heterocycles. The third-order valence-electron chi connectivity index (χ3n) is 4.38. The largest absolute Gasteiger partial charge is 0.494 e. The zero-order valence-electron chi connectivity index (χ0n) is 15.3. The van der Waals surface area contributed by atoms with E-state index < -0.39 is 9.84 Å². The summed E-state index contributed by atoms with van der Waals surface area (Å²) >= 11 is 0. The van der Waals surface area contributed by atoms with Gasteiger partial charge < -0.3 is 15.0 Å². The molecule has 2 heterocycles. The summed E-state index contributed by atoms with van der Waals surface area (Å²) in [5, 5.41) is 3.26. The molecule has 1 fully saturated rings. The third-order valence-corrected chi connectivity index (χ3v) is 6.13. The van der Waals surface area contributed by atoms with Gasteiger partial charge in [-0.15, -0.1) is 0 Å². The van der Waals surface area contributed by atoms with Crippen LogP contribution in [0.25, 0.3) is 0 Å². The van der Waals surface area contributed by atoms with E-state index in [0.29, 0.717) is 30.5 Å². The van der Waals surface area contributed by atoms with Crippen molar-refractivity contribution in [1.29, 1.82) is 0 Å². The smallest absolute Gasteiger partial charge is 0.152 e. The Hall–Kier alpha value is -2.35. The average molecular weight is 376 g/mol. The van der Waals surface area contributed by atoms with Crippen LogP contribution in [-0.4, -0.2) is 49.6 Å². The highest BCUT2D eigenvalue weighted by atomic mass is 32.2. The zero-order chi connectivity index (χ0) is 18.7. The summed E-state index contributed by atoms with van der Waals surface area (Å²) < 4.78 is 28.9. The number of nitrogens with one attached hydrogen (secondary N) is 1. The van der Waals surface area contributed by atoms with Gasteiger partial charge in [-0.1, -0.05) is 0 Å². The van der Waals surface area contributed by atoms with Crippen LogP contribution in [0.4, 0.5) is 17.3 Å². The Kier molecular flexibility index (Phi) is 5.31. The number of anilines is 3. The van der Waals surface area contributed by atoms with E-state index >= 15 is 0 Å². The Bertz CT molecular complexity index is 869. The molecule has 0 aliphatic carbocycles. The van der Waals surface area contributed by atoms with Gasteiger partial charge in [-0.3, -0.25) is 0 Å². The first kappa shape index (κ1) is 18.4. The number of nitrogens with zero attached hydrogens (tertiary/aromatic N) is 3. The minimum Gasteiger partial charge on any atom is -0.494 e. The molecular formula is C18H24N4O3S. The SMILES string of the molecule is CCOc1ccc(Nc2cc(N(C)C3CCS(=O)(=O)C3)nc(C)n2)cc1. The molecular weight excluding hydrogens is 352 g/mol. The summed E-state index contributed by atoms with van der Waals surface area (Å²) in [5.74, 6) is 3.25. The van der Waals surface area contributed by atoms with Crippen molar-refractivity contribution in [2.75, 3.05) is 35.4 Å². The Morgan fingerprint density at radius 1 is 1.27 bits per heavy atom. The van der Waals surface area contributed by atoms with Crippen LogP contribution in [0.15, 0.2) is 30.3 Å². The van der Waals surface area contributed by atoms with Crippen LogP contribution in [0.2, 0.25) is 0 Å². The fraction of sp³-hybridized carbons (Fsp3) is 0.444. The van der Waals surface area contributed by atoms with Crippen LogP contribution in [0.3, 0.4) is 0 Å². The molecule has 0 saturated carbocycles. The molecule has 0 radical (unpaired) electrons. The van der Waals surface area contributed by atoms with Crippen molar-refractivity contribution in [1.82, 2.24) is 9.97 Å². The molecule has 1 atom stereocenters. The topological polar surface area (TPSA) is 84.4 Å². The average Bonchev–Trinajstić information content (AvgIpc) is 2.95. The van der Waals surface area contributed by atoms with Crippen molar-refractivity contribution >= 4 is 27.2 Å². The highest BCUT2D eigenvalue weighted by Crippen LogP contribution is 2.25. The number of hydrogen-bond donors (Lipinski definition) is 1. The Labute approximate surface area is 154 Å².